The van der Waals surface area contributed by atoms with Crippen molar-refractivity contribution in [3.63, 3.8) is 0 Å². The largest absolute Gasteiger partial charge is 0.497 e. The second-order valence-corrected chi connectivity index (χ2v) is 9.86. The van der Waals surface area contributed by atoms with Gasteiger partial charge >= 0.3 is 5.97 Å². The molecule has 174 valence electrons. The SMILES string of the molecule is COc1ccc(OC)c(-c2cc(C(=O)O)c3cc(S(=O)(=O)N4CCCCCC4)ccc3n2)c1. The van der Waals surface area contributed by atoms with Crippen molar-refractivity contribution >= 4 is 26.9 Å². The van der Waals surface area contributed by atoms with E-state index < -0.39 is 16.0 Å². The Hall–Kier alpha value is -3.17. The van der Waals surface area contributed by atoms with E-state index in [1.165, 1.54) is 36.7 Å². The second-order valence-electron chi connectivity index (χ2n) is 7.92. The van der Waals surface area contributed by atoms with Crippen molar-refractivity contribution in [2.24, 2.45) is 0 Å². The van der Waals surface area contributed by atoms with Gasteiger partial charge in [0.05, 0.1) is 35.9 Å². The third-order valence-electron chi connectivity index (χ3n) is 5.90. The fourth-order valence-corrected chi connectivity index (χ4v) is 5.67. The van der Waals surface area contributed by atoms with Crippen LogP contribution < -0.4 is 9.47 Å². The van der Waals surface area contributed by atoms with E-state index in [1.54, 1.807) is 24.3 Å². The number of methoxy groups -OCH3 is 2. The molecule has 0 spiro atoms. The molecule has 0 unspecified atom stereocenters. The first-order valence-electron chi connectivity index (χ1n) is 10.8. The number of pyridine rings is 1. The summed E-state index contributed by atoms with van der Waals surface area (Å²) in [5.74, 6) is -0.0855. The monoisotopic (exact) mass is 470 g/mol. The molecule has 1 fully saturated rings. The number of aromatic carboxylic acids is 1. The summed E-state index contributed by atoms with van der Waals surface area (Å²) in [6.45, 7) is 0.942. The third-order valence-corrected chi connectivity index (χ3v) is 7.79. The number of rotatable bonds is 6. The van der Waals surface area contributed by atoms with Crippen molar-refractivity contribution in [3.05, 3.63) is 48.0 Å². The van der Waals surface area contributed by atoms with Crippen molar-refractivity contribution in [3.8, 4) is 22.8 Å². The molecule has 0 bridgehead atoms. The normalized spacial score (nSPS) is 15.2. The first-order valence-corrected chi connectivity index (χ1v) is 12.2. The maximum absolute atomic E-state index is 13.2. The molecule has 1 aliphatic heterocycles. The molecule has 4 rings (SSSR count). The molecule has 0 aliphatic carbocycles. The predicted molar refractivity (Wildman–Crippen MR) is 124 cm³/mol. The van der Waals surface area contributed by atoms with Gasteiger partial charge in [0, 0.05) is 24.0 Å². The number of benzene rings is 2. The lowest BCUT2D eigenvalue weighted by atomic mass is 10.0. The zero-order valence-electron chi connectivity index (χ0n) is 18.6. The van der Waals surface area contributed by atoms with Gasteiger partial charge in [0.1, 0.15) is 11.5 Å². The van der Waals surface area contributed by atoms with Crippen LogP contribution in [-0.2, 0) is 10.0 Å². The number of carboxylic acid groups (broad SMARTS) is 1. The summed E-state index contributed by atoms with van der Waals surface area (Å²) in [4.78, 5) is 16.8. The maximum atomic E-state index is 13.2. The molecule has 8 nitrogen and oxygen atoms in total. The van der Waals surface area contributed by atoms with Gasteiger partial charge in [-0.3, -0.25) is 0 Å². The molecule has 1 N–H and O–H groups in total. The smallest absolute Gasteiger partial charge is 0.336 e. The first-order chi connectivity index (χ1) is 15.8. The Kier molecular flexibility index (Phi) is 6.53. The predicted octanol–water partition coefficient (Wildman–Crippen LogP) is 4.18. The number of hydrogen-bond donors (Lipinski definition) is 1. The summed E-state index contributed by atoms with van der Waals surface area (Å²) in [6, 6.07) is 11.1. The number of sulfonamides is 1. The highest BCUT2D eigenvalue weighted by Gasteiger charge is 2.26. The van der Waals surface area contributed by atoms with Crippen molar-refractivity contribution in [1.82, 2.24) is 9.29 Å². The molecular weight excluding hydrogens is 444 g/mol. The zero-order chi connectivity index (χ0) is 23.6. The van der Waals surface area contributed by atoms with Crippen LogP contribution in [0.4, 0.5) is 0 Å². The summed E-state index contributed by atoms with van der Waals surface area (Å²) in [5, 5.41) is 10.2. The number of fused-ring (bicyclic) bond motifs is 1. The lowest BCUT2D eigenvalue weighted by Gasteiger charge is -2.20. The first kappa shape index (κ1) is 23.0. The molecule has 2 heterocycles. The lowest BCUT2D eigenvalue weighted by Crippen LogP contribution is -2.31. The van der Waals surface area contributed by atoms with E-state index in [0.717, 1.165) is 25.7 Å². The van der Waals surface area contributed by atoms with Gasteiger partial charge in [-0.2, -0.15) is 4.31 Å². The molecule has 0 atom stereocenters. The van der Waals surface area contributed by atoms with Crippen molar-refractivity contribution < 1.29 is 27.8 Å². The van der Waals surface area contributed by atoms with E-state index in [1.807, 2.05) is 0 Å². The Morgan fingerprint density at radius 3 is 2.33 bits per heavy atom. The van der Waals surface area contributed by atoms with Gasteiger partial charge in [-0.1, -0.05) is 12.8 Å². The molecule has 1 saturated heterocycles. The molecule has 9 heteroatoms. The maximum Gasteiger partial charge on any atom is 0.336 e. The molecule has 2 aromatic carbocycles. The molecule has 0 radical (unpaired) electrons. The fraction of sp³-hybridized carbons (Fsp3) is 0.333. The van der Waals surface area contributed by atoms with E-state index in [0.29, 0.717) is 41.4 Å². The van der Waals surface area contributed by atoms with Crippen LogP contribution in [0.1, 0.15) is 36.0 Å². The average Bonchev–Trinajstić information content (AvgIpc) is 3.12. The standard InChI is InChI=1S/C24H26N2O6S/c1-31-16-7-10-23(32-2)20(13-16)22-15-19(24(27)28)18-14-17(8-9-21(18)25-22)33(29,30)26-11-5-3-4-6-12-26/h7-10,13-15H,3-6,11-12H2,1-2H3,(H,27,28). The molecular formula is C24H26N2O6S. The Labute approximate surface area is 192 Å². The van der Waals surface area contributed by atoms with Crippen LogP contribution in [-0.4, -0.2) is 56.1 Å². The minimum atomic E-state index is -3.73. The van der Waals surface area contributed by atoms with E-state index in [9.17, 15) is 18.3 Å². The summed E-state index contributed by atoms with van der Waals surface area (Å²) in [7, 11) is -0.671. The topological polar surface area (TPSA) is 106 Å². The minimum Gasteiger partial charge on any atom is -0.497 e. The molecule has 33 heavy (non-hydrogen) atoms. The van der Waals surface area contributed by atoms with Crippen LogP contribution in [0.15, 0.2) is 47.4 Å². The van der Waals surface area contributed by atoms with Gasteiger partial charge in [-0.05, 0) is 55.3 Å². The van der Waals surface area contributed by atoms with Gasteiger partial charge in [0.25, 0.3) is 0 Å². The van der Waals surface area contributed by atoms with E-state index >= 15 is 0 Å². The van der Waals surface area contributed by atoms with Gasteiger partial charge in [-0.25, -0.2) is 18.2 Å². The second kappa shape index (κ2) is 9.36. The van der Waals surface area contributed by atoms with Crippen molar-refractivity contribution in [1.29, 1.82) is 0 Å². The van der Waals surface area contributed by atoms with E-state index in [4.69, 9.17) is 9.47 Å². The van der Waals surface area contributed by atoms with Gasteiger partial charge in [0.2, 0.25) is 10.0 Å². The highest BCUT2D eigenvalue weighted by Crippen LogP contribution is 2.35. The van der Waals surface area contributed by atoms with E-state index in [2.05, 4.69) is 4.98 Å². The highest BCUT2D eigenvalue weighted by molar-refractivity contribution is 7.89. The average molecular weight is 471 g/mol. The van der Waals surface area contributed by atoms with Crippen LogP contribution in [0.25, 0.3) is 22.2 Å². The number of carboxylic acids is 1. The van der Waals surface area contributed by atoms with Crippen LogP contribution in [0.2, 0.25) is 0 Å². The van der Waals surface area contributed by atoms with Gasteiger partial charge < -0.3 is 14.6 Å². The van der Waals surface area contributed by atoms with Crippen LogP contribution in [0.5, 0.6) is 11.5 Å². The summed E-state index contributed by atoms with van der Waals surface area (Å²) < 4.78 is 38.7. The fourth-order valence-electron chi connectivity index (χ4n) is 4.13. The Bertz CT molecular complexity index is 1300. The van der Waals surface area contributed by atoms with Gasteiger partial charge in [0.15, 0.2) is 0 Å². The summed E-state index contributed by atoms with van der Waals surface area (Å²) in [5.41, 5.74) is 1.30. The molecule has 0 amide bonds. The third kappa shape index (κ3) is 4.51. The molecule has 1 aliphatic rings. The minimum absolute atomic E-state index is 0.0345. The molecule has 1 aromatic heterocycles. The van der Waals surface area contributed by atoms with E-state index in [-0.39, 0.29) is 15.8 Å². The van der Waals surface area contributed by atoms with Gasteiger partial charge in [-0.15, -0.1) is 0 Å². The number of hydrogen-bond acceptors (Lipinski definition) is 6. The lowest BCUT2D eigenvalue weighted by molar-refractivity contribution is 0.0699. The van der Waals surface area contributed by atoms with Crippen LogP contribution in [0.3, 0.4) is 0 Å². The van der Waals surface area contributed by atoms with Crippen LogP contribution >= 0.6 is 0 Å². The highest BCUT2D eigenvalue weighted by atomic mass is 32.2. The van der Waals surface area contributed by atoms with Crippen LogP contribution in [0, 0.1) is 0 Å². The zero-order valence-corrected chi connectivity index (χ0v) is 19.4. The Morgan fingerprint density at radius 1 is 0.970 bits per heavy atom. The molecule has 0 saturated carbocycles. The Morgan fingerprint density at radius 2 is 1.70 bits per heavy atom. The molecule has 3 aromatic rings. The number of nitrogens with zero attached hydrogens (tertiary/aromatic N) is 2. The van der Waals surface area contributed by atoms with Crippen molar-refractivity contribution in [2.45, 2.75) is 30.6 Å². The van der Waals surface area contributed by atoms with Crippen molar-refractivity contribution in [2.75, 3.05) is 27.3 Å². The quantitative estimate of drug-likeness (QED) is 0.576. The number of ether oxygens (including phenoxy) is 2. The number of aromatic nitrogens is 1. The summed E-state index contributed by atoms with van der Waals surface area (Å²) >= 11 is 0. The summed E-state index contributed by atoms with van der Waals surface area (Å²) in [6.07, 6.45) is 3.65. The number of carbonyl (C=O) groups is 1. The Balaban J connectivity index is 1.86.